The lowest BCUT2D eigenvalue weighted by molar-refractivity contribution is -0.124. The molecule has 0 unspecified atom stereocenters. The Bertz CT molecular complexity index is 920. The summed E-state index contributed by atoms with van der Waals surface area (Å²) >= 11 is 0. The van der Waals surface area contributed by atoms with E-state index in [2.05, 4.69) is 25.8 Å². The van der Waals surface area contributed by atoms with E-state index in [1.807, 2.05) is 48.5 Å². The van der Waals surface area contributed by atoms with Gasteiger partial charge in [0.05, 0.1) is 5.69 Å². The molecule has 1 aromatic heterocycles. The van der Waals surface area contributed by atoms with E-state index >= 15 is 0 Å². The van der Waals surface area contributed by atoms with Crippen LogP contribution in [0.5, 0.6) is 0 Å². The van der Waals surface area contributed by atoms with Crippen molar-refractivity contribution in [3.8, 4) is 22.8 Å². The van der Waals surface area contributed by atoms with Crippen molar-refractivity contribution in [3.05, 3.63) is 54.6 Å². The highest BCUT2D eigenvalue weighted by Gasteiger charge is 2.17. The second-order valence-corrected chi connectivity index (χ2v) is 5.83. The van der Waals surface area contributed by atoms with Gasteiger partial charge in [0.15, 0.2) is 11.6 Å². The van der Waals surface area contributed by atoms with Gasteiger partial charge in [-0.1, -0.05) is 42.5 Å². The Morgan fingerprint density at radius 3 is 2.46 bits per heavy atom. The van der Waals surface area contributed by atoms with E-state index in [0.717, 1.165) is 5.56 Å². The normalized spacial score (nSPS) is 11.6. The van der Waals surface area contributed by atoms with Crippen LogP contribution in [-0.2, 0) is 9.59 Å². The lowest BCUT2D eigenvalue weighted by atomic mass is 10.1. The van der Waals surface area contributed by atoms with Gasteiger partial charge in [-0.15, -0.1) is 0 Å². The first-order valence-corrected chi connectivity index (χ1v) is 8.20. The Kier molecular flexibility index (Phi) is 5.07. The van der Waals surface area contributed by atoms with Crippen LogP contribution in [0.25, 0.3) is 22.8 Å². The lowest BCUT2D eigenvalue weighted by Gasteiger charge is -2.14. The third kappa shape index (κ3) is 3.94. The van der Waals surface area contributed by atoms with Crippen molar-refractivity contribution in [1.29, 1.82) is 0 Å². The number of benzene rings is 2. The minimum Gasteiger partial charge on any atom is -0.345 e. The van der Waals surface area contributed by atoms with Crippen molar-refractivity contribution in [1.82, 2.24) is 20.5 Å². The van der Waals surface area contributed by atoms with Crippen LogP contribution in [0, 0.1) is 0 Å². The second kappa shape index (κ2) is 7.60. The summed E-state index contributed by atoms with van der Waals surface area (Å²) in [5.74, 6) is 0.555. The van der Waals surface area contributed by atoms with Gasteiger partial charge >= 0.3 is 0 Å². The Balaban J connectivity index is 1.85. The van der Waals surface area contributed by atoms with Crippen LogP contribution in [-0.4, -0.2) is 33.0 Å². The number of carbonyl (C=O) groups is 2. The number of nitrogens with zero attached hydrogens (tertiary/aromatic N) is 2. The van der Waals surface area contributed by atoms with Crippen LogP contribution in [0.2, 0.25) is 0 Å². The van der Waals surface area contributed by atoms with Crippen LogP contribution < -0.4 is 10.6 Å². The summed E-state index contributed by atoms with van der Waals surface area (Å²) in [5, 5.41) is 12.5. The first-order chi connectivity index (χ1) is 12.5. The Morgan fingerprint density at radius 2 is 1.73 bits per heavy atom. The highest BCUT2D eigenvalue weighted by molar-refractivity contribution is 5.99. The zero-order valence-electron chi connectivity index (χ0n) is 14.5. The number of carbonyl (C=O) groups excluding carboxylic acids is 2. The predicted molar refractivity (Wildman–Crippen MR) is 99.2 cm³/mol. The molecule has 2 amide bonds. The van der Waals surface area contributed by atoms with Gasteiger partial charge in [-0.05, 0) is 19.1 Å². The van der Waals surface area contributed by atoms with E-state index in [4.69, 9.17) is 0 Å². The number of para-hydroxylation sites is 1. The first-order valence-electron chi connectivity index (χ1n) is 8.20. The number of H-pyrrole nitrogens is 1. The average molecular weight is 349 g/mol. The van der Waals surface area contributed by atoms with Crippen molar-refractivity contribution in [3.63, 3.8) is 0 Å². The van der Waals surface area contributed by atoms with Crippen LogP contribution in [0.15, 0.2) is 54.6 Å². The predicted octanol–water partition coefficient (Wildman–Crippen LogP) is 2.60. The molecule has 26 heavy (non-hydrogen) atoms. The average Bonchev–Trinajstić information content (AvgIpc) is 3.12. The van der Waals surface area contributed by atoms with Gasteiger partial charge in [0.25, 0.3) is 0 Å². The molecule has 1 heterocycles. The number of amides is 2. The smallest absolute Gasteiger partial charge is 0.246 e. The van der Waals surface area contributed by atoms with Crippen LogP contribution >= 0.6 is 0 Å². The van der Waals surface area contributed by atoms with Gasteiger partial charge in [-0.2, -0.15) is 5.10 Å². The molecule has 7 heteroatoms. The van der Waals surface area contributed by atoms with Crippen molar-refractivity contribution >= 4 is 17.5 Å². The van der Waals surface area contributed by atoms with Crippen LogP contribution in [0.4, 0.5) is 5.69 Å². The van der Waals surface area contributed by atoms with Crippen molar-refractivity contribution in [2.75, 3.05) is 5.32 Å². The van der Waals surface area contributed by atoms with Gasteiger partial charge in [0.1, 0.15) is 6.04 Å². The maximum atomic E-state index is 12.3. The molecule has 2 aromatic carbocycles. The SMILES string of the molecule is CC(=O)N[C@H](C)C(=O)Nc1ccccc1-c1nc(-c2ccccc2)n[nH]1. The van der Waals surface area contributed by atoms with E-state index in [9.17, 15) is 9.59 Å². The molecular weight excluding hydrogens is 330 g/mol. The standard InChI is InChI=1S/C19H19N5O2/c1-12(20-13(2)25)19(26)21-16-11-7-6-10-15(16)18-22-17(23-24-18)14-8-4-3-5-9-14/h3-12H,1-2H3,(H,20,25)(H,21,26)(H,22,23,24)/t12-/m1/s1. The molecular formula is C19H19N5O2. The van der Waals surface area contributed by atoms with Gasteiger partial charge in [0, 0.05) is 18.1 Å². The number of anilines is 1. The first kappa shape index (κ1) is 17.3. The third-order valence-electron chi connectivity index (χ3n) is 3.77. The summed E-state index contributed by atoms with van der Waals surface area (Å²) in [6.45, 7) is 3.00. The fourth-order valence-electron chi connectivity index (χ4n) is 2.51. The monoisotopic (exact) mass is 349 g/mol. The maximum absolute atomic E-state index is 12.3. The Morgan fingerprint density at radius 1 is 1.04 bits per heavy atom. The maximum Gasteiger partial charge on any atom is 0.246 e. The zero-order valence-corrected chi connectivity index (χ0v) is 14.5. The number of rotatable bonds is 5. The van der Waals surface area contributed by atoms with E-state index < -0.39 is 6.04 Å². The molecule has 3 N–H and O–H groups in total. The number of aromatic amines is 1. The number of aromatic nitrogens is 3. The van der Waals surface area contributed by atoms with E-state index in [0.29, 0.717) is 22.9 Å². The van der Waals surface area contributed by atoms with Crippen molar-refractivity contribution in [2.24, 2.45) is 0 Å². The molecule has 132 valence electrons. The number of nitrogens with one attached hydrogen (secondary N) is 3. The topological polar surface area (TPSA) is 99.8 Å². The molecule has 7 nitrogen and oxygen atoms in total. The van der Waals surface area contributed by atoms with Crippen molar-refractivity contribution in [2.45, 2.75) is 19.9 Å². The van der Waals surface area contributed by atoms with E-state index in [1.165, 1.54) is 6.92 Å². The third-order valence-corrected chi connectivity index (χ3v) is 3.77. The molecule has 3 rings (SSSR count). The highest BCUT2D eigenvalue weighted by Crippen LogP contribution is 2.26. The summed E-state index contributed by atoms with van der Waals surface area (Å²) < 4.78 is 0. The largest absolute Gasteiger partial charge is 0.345 e. The van der Waals surface area contributed by atoms with E-state index in [1.54, 1.807) is 13.0 Å². The van der Waals surface area contributed by atoms with Gasteiger partial charge in [0.2, 0.25) is 11.8 Å². The fourth-order valence-corrected chi connectivity index (χ4v) is 2.51. The Labute approximate surface area is 150 Å². The minimum atomic E-state index is -0.643. The fraction of sp³-hybridized carbons (Fsp3) is 0.158. The summed E-state index contributed by atoms with van der Waals surface area (Å²) in [6.07, 6.45) is 0. The molecule has 0 aliphatic carbocycles. The molecule has 0 spiro atoms. The zero-order chi connectivity index (χ0) is 18.5. The number of hydrogen-bond donors (Lipinski definition) is 3. The molecule has 0 radical (unpaired) electrons. The minimum absolute atomic E-state index is 0.260. The van der Waals surface area contributed by atoms with E-state index in [-0.39, 0.29) is 11.8 Å². The summed E-state index contributed by atoms with van der Waals surface area (Å²) in [5.41, 5.74) is 2.20. The molecule has 0 fully saturated rings. The molecule has 0 saturated heterocycles. The van der Waals surface area contributed by atoms with Crippen LogP contribution in [0.1, 0.15) is 13.8 Å². The highest BCUT2D eigenvalue weighted by atomic mass is 16.2. The van der Waals surface area contributed by atoms with Gasteiger partial charge in [-0.25, -0.2) is 4.98 Å². The molecule has 0 aliphatic heterocycles. The molecule has 0 saturated carbocycles. The quantitative estimate of drug-likeness (QED) is 0.659. The second-order valence-electron chi connectivity index (χ2n) is 5.83. The lowest BCUT2D eigenvalue weighted by Crippen LogP contribution is -2.40. The summed E-state index contributed by atoms with van der Waals surface area (Å²) in [7, 11) is 0. The van der Waals surface area contributed by atoms with Gasteiger partial charge in [-0.3, -0.25) is 14.7 Å². The molecule has 3 aromatic rings. The molecule has 0 aliphatic rings. The summed E-state index contributed by atoms with van der Waals surface area (Å²) in [4.78, 5) is 27.9. The molecule has 0 bridgehead atoms. The summed E-state index contributed by atoms with van der Waals surface area (Å²) in [6, 6.07) is 16.3. The van der Waals surface area contributed by atoms with Crippen LogP contribution in [0.3, 0.4) is 0 Å². The Hall–Kier alpha value is -3.48. The molecule has 1 atom stereocenters. The number of hydrogen-bond acceptors (Lipinski definition) is 4. The van der Waals surface area contributed by atoms with Crippen molar-refractivity contribution < 1.29 is 9.59 Å². The van der Waals surface area contributed by atoms with Gasteiger partial charge < -0.3 is 10.6 Å².